The lowest BCUT2D eigenvalue weighted by Gasteiger charge is -2.21. The highest BCUT2D eigenvalue weighted by Gasteiger charge is 2.21. The van der Waals surface area contributed by atoms with Gasteiger partial charge in [0, 0.05) is 5.92 Å². The minimum Gasteiger partial charge on any atom is -0.322 e. The predicted molar refractivity (Wildman–Crippen MR) is 47.8 cm³/mol. The average Bonchev–Trinajstić information content (AvgIpc) is 2.19. The van der Waals surface area contributed by atoms with Crippen molar-refractivity contribution in [2.45, 2.75) is 12.8 Å². The van der Waals surface area contributed by atoms with E-state index in [9.17, 15) is 9.59 Å². The maximum absolute atomic E-state index is 11.4. The van der Waals surface area contributed by atoms with Crippen LogP contribution in [0.25, 0.3) is 0 Å². The first kappa shape index (κ1) is 10.1. The highest BCUT2D eigenvalue weighted by atomic mass is 16.2. The third kappa shape index (κ3) is 3.12. The van der Waals surface area contributed by atoms with Gasteiger partial charge < -0.3 is 11.1 Å². The van der Waals surface area contributed by atoms with Crippen molar-refractivity contribution in [2.24, 2.45) is 11.7 Å². The van der Waals surface area contributed by atoms with Crippen LogP contribution in [0.4, 0.5) is 0 Å². The molecule has 74 valence electrons. The second kappa shape index (κ2) is 4.94. The molecule has 13 heavy (non-hydrogen) atoms. The maximum Gasteiger partial charge on any atom is 0.240 e. The van der Waals surface area contributed by atoms with Crippen molar-refractivity contribution in [1.29, 1.82) is 0 Å². The predicted octanol–water partition coefficient (Wildman–Crippen LogP) is -1.41. The summed E-state index contributed by atoms with van der Waals surface area (Å²) in [4.78, 5) is 22.1. The Morgan fingerprint density at radius 1 is 1.38 bits per heavy atom. The van der Waals surface area contributed by atoms with Crippen molar-refractivity contribution in [3.05, 3.63) is 0 Å². The van der Waals surface area contributed by atoms with E-state index in [1.807, 2.05) is 0 Å². The first-order valence-corrected chi connectivity index (χ1v) is 4.48. The van der Waals surface area contributed by atoms with Crippen LogP contribution >= 0.6 is 0 Å². The smallest absolute Gasteiger partial charge is 0.240 e. The summed E-state index contributed by atoms with van der Waals surface area (Å²) in [6.45, 7) is 1.56. The lowest BCUT2D eigenvalue weighted by atomic mass is 9.97. The Hall–Kier alpha value is -0.940. The van der Waals surface area contributed by atoms with Gasteiger partial charge in [-0.05, 0) is 25.9 Å². The van der Waals surface area contributed by atoms with E-state index in [1.54, 1.807) is 0 Å². The van der Waals surface area contributed by atoms with E-state index in [-0.39, 0.29) is 18.4 Å². The van der Waals surface area contributed by atoms with Gasteiger partial charge in [-0.25, -0.2) is 0 Å². The molecule has 0 unspecified atom stereocenters. The summed E-state index contributed by atoms with van der Waals surface area (Å²) < 4.78 is 0. The Morgan fingerprint density at radius 3 is 2.54 bits per heavy atom. The van der Waals surface area contributed by atoms with Gasteiger partial charge in [0.05, 0.1) is 6.54 Å². The molecule has 5 heteroatoms. The number of rotatable bonds is 2. The molecule has 0 radical (unpaired) electrons. The molecule has 0 aromatic heterocycles. The monoisotopic (exact) mass is 185 g/mol. The average molecular weight is 185 g/mol. The summed E-state index contributed by atoms with van der Waals surface area (Å²) in [7, 11) is 0. The molecular formula is C8H15N3O2. The Labute approximate surface area is 77.1 Å². The Morgan fingerprint density at radius 2 is 2.00 bits per heavy atom. The highest BCUT2D eigenvalue weighted by Crippen LogP contribution is 2.10. The highest BCUT2D eigenvalue weighted by molar-refractivity contribution is 5.97. The van der Waals surface area contributed by atoms with Crippen molar-refractivity contribution in [3.8, 4) is 0 Å². The first-order valence-electron chi connectivity index (χ1n) is 4.48. The third-order valence-corrected chi connectivity index (χ3v) is 2.16. The van der Waals surface area contributed by atoms with E-state index in [1.165, 1.54) is 0 Å². The third-order valence-electron chi connectivity index (χ3n) is 2.16. The van der Waals surface area contributed by atoms with Crippen LogP contribution in [-0.4, -0.2) is 31.4 Å². The van der Waals surface area contributed by atoms with Crippen LogP contribution in [0.1, 0.15) is 12.8 Å². The fourth-order valence-corrected chi connectivity index (χ4v) is 1.37. The van der Waals surface area contributed by atoms with Crippen LogP contribution in [0.3, 0.4) is 0 Å². The molecule has 0 bridgehead atoms. The van der Waals surface area contributed by atoms with Crippen molar-refractivity contribution in [1.82, 2.24) is 10.6 Å². The second-order valence-corrected chi connectivity index (χ2v) is 3.14. The Kier molecular flexibility index (Phi) is 3.85. The summed E-state index contributed by atoms with van der Waals surface area (Å²) in [6, 6.07) is 0. The summed E-state index contributed by atoms with van der Waals surface area (Å²) in [5, 5.41) is 5.42. The number of amides is 2. The summed E-state index contributed by atoms with van der Waals surface area (Å²) in [5.41, 5.74) is 5.07. The van der Waals surface area contributed by atoms with Gasteiger partial charge in [-0.3, -0.25) is 14.9 Å². The van der Waals surface area contributed by atoms with Crippen LogP contribution in [0.15, 0.2) is 0 Å². The molecule has 0 saturated carbocycles. The number of nitrogens with two attached hydrogens (primary N) is 1. The van der Waals surface area contributed by atoms with Crippen LogP contribution < -0.4 is 16.4 Å². The van der Waals surface area contributed by atoms with Crippen molar-refractivity contribution >= 4 is 11.8 Å². The Balaban J connectivity index is 2.33. The molecule has 1 rings (SSSR count). The molecule has 0 atom stereocenters. The Bertz CT molecular complexity index is 200. The van der Waals surface area contributed by atoms with Crippen LogP contribution in [0.5, 0.6) is 0 Å². The molecule has 1 heterocycles. The standard InChI is InChI=1S/C8H15N3O2/c9-5-7(12)11-8(13)6-1-3-10-4-2-6/h6,10H,1-5,9H2,(H,11,12,13). The number of carbonyl (C=O) groups is 2. The summed E-state index contributed by atoms with van der Waals surface area (Å²) in [5.74, 6) is -0.614. The number of piperidine rings is 1. The van der Waals surface area contributed by atoms with Gasteiger partial charge >= 0.3 is 0 Å². The fourth-order valence-electron chi connectivity index (χ4n) is 1.37. The van der Waals surface area contributed by atoms with Gasteiger partial charge in [-0.15, -0.1) is 0 Å². The fraction of sp³-hybridized carbons (Fsp3) is 0.750. The van der Waals surface area contributed by atoms with Crippen LogP contribution in [-0.2, 0) is 9.59 Å². The van der Waals surface area contributed by atoms with Gasteiger partial charge in [0.25, 0.3) is 0 Å². The first-order chi connectivity index (χ1) is 6.24. The molecule has 0 spiro atoms. The quantitative estimate of drug-likeness (QED) is 0.493. The van der Waals surface area contributed by atoms with E-state index in [4.69, 9.17) is 5.73 Å². The zero-order chi connectivity index (χ0) is 9.68. The summed E-state index contributed by atoms with van der Waals surface area (Å²) in [6.07, 6.45) is 1.59. The molecule has 0 aromatic carbocycles. The topological polar surface area (TPSA) is 84.2 Å². The molecule has 0 aliphatic carbocycles. The lowest BCUT2D eigenvalue weighted by molar-refractivity contribution is -0.132. The molecule has 4 N–H and O–H groups in total. The van der Waals surface area contributed by atoms with E-state index in [0.717, 1.165) is 25.9 Å². The minimum absolute atomic E-state index is 0.0308. The number of imide groups is 1. The number of hydrogen-bond acceptors (Lipinski definition) is 4. The molecule has 5 nitrogen and oxygen atoms in total. The minimum atomic E-state index is -0.400. The maximum atomic E-state index is 11.4. The van der Waals surface area contributed by atoms with Gasteiger partial charge in [0.1, 0.15) is 0 Å². The SMILES string of the molecule is NCC(=O)NC(=O)C1CCNCC1. The molecule has 1 aliphatic heterocycles. The molecule has 0 aromatic rings. The largest absolute Gasteiger partial charge is 0.322 e. The lowest BCUT2D eigenvalue weighted by Crippen LogP contribution is -2.42. The summed E-state index contributed by atoms with van der Waals surface area (Å²) >= 11 is 0. The second-order valence-electron chi connectivity index (χ2n) is 3.14. The van der Waals surface area contributed by atoms with Crippen molar-refractivity contribution < 1.29 is 9.59 Å². The van der Waals surface area contributed by atoms with Gasteiger partial charge in [-0.2, -0.15) is 0 Å². The zero-order valence-corrected chi connectivity index (χ0v) is 7.51. The number of carbonyl (C=O) groups excluding carboxylic acids is 2. The molecule has 1 saturated heterocycles. The van der Waals surface area contributed by atoms with Crippen molar-refractivity contribution in [2.75, 3.05) is 19.6 Å². The van der Waals surface area contributed by atoms with Crippen LogP contribution in [0.2, 0.25) is 0 Å². The zero-order valence-electron chi connectivity index (χ0n) is 7.51. The number of nitrogens with one attached hydrogen (secondary N) is 2. The van der Waals surface area contributed by atoms with E-state index in [0.29, 0.717) is 0 Å². The van der Waals surface area contributed by atoms with Gasteiger partial charge in [0.2, 0.25) is 11.8 Å². The van der Waals surface area contributed by atoms with Crippen LogP contribution in [0, 0.1) is 5.92 Å². The molecule has 2 amide bonds. The number of hydrogen-bond donors (Lipinski definition) is 3. The molecule has 1 aliphatic rings. The van der Waals surface area contributed by atoms with Crippen molar-refractivity contribution in [3.63, 3.8) is 0 Å². The van der Waals surface area contributed by atoms with E-state index < -0.39 is 5.91 Å². The molecule has 1 fully saturated rings. The normalized spacial score (nSPS) is 18.2. The van der Waals surface area contributed by atoms with E-state index in [2.05, 4.69) is 10.6 Å². The van der Waals surface area contributed by atoms with Gasteiger partial charge in [0.15, 0.2) is 0 Å². The van der Waals surface area contributed by atoms with E-state index >= 15 is 0 Å². The van der Waals surface area contributed by atoms with Gasteiger partial charge in [-0.1, -0.05) is 0 Å². The molecular weight excluding hydrogens is 170 g/mol.